The molecule has 0 aliphatic rings. The van der Waals surface area contributed by atoms with Crippen LogP contribution in [0.5, 0.6) is 0 Å². The number of nitrogens with zero attached hydrogens (tertiary/aromatic N) is 2. The van der Waals surface area contributed by atoms with Crippen molar-refractivity contribution in [3.8, 4) is 16.9 Å². The molecule has 0 saturated carbocycles. The number of hydrogen-bond donors (Lipinski definition) is 0. The number of halogens is 1. The Balaban J connectivity index is 2.25. The van der Waals surface area contributed by atoms with Crippen molar-refractivity contribution < 1.29 is 4.84 Å². The van der Waals surface area contributed by atoms with Crippen LogP contribution in [0.1, 0.15) is 25.1 Å². The Morgan fingerprint density at radius 3 is 2.44 bits per heavy atom. The van der Waals surface area contributed by atoms with E-state index in [4.69, 9.17) is 16.4 Å². The molecule has 4 heteroatoms. The summed E-state index contributed by atoms with van der Waals surface area (Å²) in [5.41, 5.74) is 6.13. The lowest BCUT2D eigenvalue weighted by Gasteiger charge is -2.14. The van der Waals surface area contributed by atoms with Crippen molar-refractivity contribution in [1.82, 2.24) is 4.57 Å². The molecule has 0 N–H and O–H groups in total. The summed E-state index contributed by atoms with van der Waals surface area (Å²) in [4.78, 5) is 5.24. The van der Waals surface area contributed by atoms with E-state index in [2.05, 4.69) is 34.8 Å². The Labute approximate surface area is 153 Å². The van der Waals surface area contributed by atoms with Gasteiger partial charge in [-0.1, -0.05) is 59.2 Å². The Morgan fingerprint density at radius 1 is 1.08 bits per heavy atom. The topological polar surface area (TPSA) is 26.5 Å². The third kappa shape index (κ3) is 3.47. The van der Waals surface area contributed by atoms with Gasteiger partial charge in [0.2, 0.25) is 0 Å². The van der Waals surface area contributed by atoms with E-state index < -0.39 is 0 Å². The second-order valence-electron chi connectivity index (χ2n) is 5.78. The van der Waals surface area contributed by atoms with Crippen LogP contribution in [-0.4, -0.2) is 16.9 Å². The molecule has 128 valence electrons. The maximum Gasteiger partial charge on any atom is 0.114 e. The normalized spacial score (nSPS) is 11.6. The summed E-state index contributed by atoms with van der Waals surface area (Å²) in [6, 6.07) is 20.3. The highest BCUT2D eigenvalue weighted by Crippen LogP contribution is 2.32. The lowest BCUT2D eigenvalue weighted by atomic mass is 10.1. The highest BCUT2D eigenvalue weighted by molar-refractivity contribution is 6.32. The SMILES string of the molecule is CCO/N=C(\C)c1cc(-c2ccccc2)n(-c2ccccc2Cl)c1C. The zero-order valence-electron chi connectivity index (χ0n) is 14.7. The summed E-state index contributed by atoms with van der Waals surface area (Å²) in [6.45, 7) is 6.51. The van der Waals surface area contributed by atoms with E-state index in [1.165, 1.54) is 0 Å². The second-order valence-corrected chi connectivity index (χ2v) is 6.18. The van der Waals surface area contributed by atoms with Gasteiger partial charge in [-0.25, -0.2) is 0 Å². The summed E-state index contributed by atoms with van der Waals surface area (Å²) in [5, 5.41) is 4.92. The van der Waals surface area contributed by atoms with Gasteiger partial charge < -0.3 is 9.40 Å². The highest BCUT2D eigenvalue weighted by atomic mass is 35.5. The van der Waals surface area contributed by atoms with Crippen LogP contribution >= 0.6 is 11.6 Å². The van der Waals surface area contributed by atoms with Gasteiger partial charge in [0, 0.05) is 11.3 Å². The fraction of sp³-hybridized carbons (Fsp3) is 0.190. The Morgan fingerprint density at radius 2 is 1.76 bits per heavy atom. The maximum atomic E-state index is 6.49. The van der Waals surface area contributed by atoms with Crippen molar-refractivity contribution >= 4 is 17.3 Å². The molecule has 0 radical (unpaired) electrons. The van der Waals surface area contributed by atoms with Crippen molar-refractivity contribution in [3.63, 3.8) is 0 Å². The molecule has 0 unspecified atom stereocenters. The number of oxime groups is 1. The molecule has 1 heterocycles. The van der Waals surface area contributed by atoms with Gasteiger partial charge in [-0.15, -0.1) is 0 Å². The van der Waals surface area contributed by atoms with Crippen molar-refractivity contribution in [1.29, 1.82) is 0 Å². The second kappa shape index (κ2) is 7.58. The minimum Gasteiger partial charge on any atom is -0.396 e. The standard InChI is InChI=1S/C21H21ClN2O/c1-4-25-23-15(2)18-14-21(17-10-6-5-7-11-17)24(16(18)3)20-13-9-8-12-19(20)22/h5-14H,4H2,1-3H3/b23-15+. The number of hydrogen-bond acceptors (Lipinski definition) is 2. The minimum absolute atomic E-state index is 0.549. The summed E-state index contributed by atoms with van der Waals surface area (Å²) < 4.78 is 2.18. The molecule has 25 heavy (non-hydrogen) atoms. The molecule has 0 aliphatic heterocycles. The Hall–Kier alpha value is -2.52. The average Bonchev–Trinajstić information content (AvgIpc) is 2.98. The first-order valence-corrected chi connectivity index (χ1v) is 8.71. The van der Waals surface area contributed by atoms with E-state index in [9.17, 15) is 0 Å². The largest absolute Gasteiger partial charge is 0.396 e. The van der Waals surface area contributed by atoms with Crippen molar-refractivity contribution in [2.24, 2.45) is 5.16 Å². The van der Waals surface area contributed by atoms with Crippen LogP contribution < -0.4 is 0 Å². The number of benzene rings is 2. The lowest BCUT2D eigenvalue weighted by Crippen LogP contribution is -2.03. The molecule has 1 aromatic heterocycles. The zero-order valence-corrected chi connectivity index (χ0v) is 15.4. The molecule has 0 fully saturated rings. The van der Waals surface area contributed by atoms with Gasteiger partial charge >= 0.3 is 0 Å². The molecule has 3 aromatic rings. The molecular formula is C21H21ClN2O. The molecular weight excluding hydrogens is 332 g/mol. The fourth-order valence-electron chi connectivity index (χ4n) is 2.95. The van der Waals surface area contributed by atoms with E-state index in [-0.39, 0.29) is 0 Å². The molecule has 0 amide bonds. The van der Waals surface area contributed by atoms with Crippen molar-refractivity contribution in [2.75, 3.05) is 6.61 Å². The van der Waals surface area contributed by atoms with Crippen LogP contribution in [0.3, 0.4) is 0 Å². The minimum atomic E-state index is 0.549. The van der Waals surface area contributed by atoms with E-state index in [1.807, 2.05) is 56.3 Å². The van der Waals surface area contributed by atoms with Crippen molar-refractivity contribution in [3.05, 3.63) is 76.9 Å². The van der Waals surface area contributed by atoms with Gasteiger partial charge in [0.25, 0.3) is 0 Å². The predicted molar refractivity (Wildman–Crippen MR) is 105 cm³/mol. The Kier molecular flexibility index (Phi) is 5.25. The molecule has 0 saturated heterocycles. The summed E-state index contributed by atoms with van der Waals surface area (Å²) in [6.07, 6.45) is 0. The number of rotatable bonds is 5. The Bertz CT molecular complexity index is 898. The van der Waals surface area contributed by atoms with E-state index in [0.717, 1.165) is 33.9 Å². The quantitative estimate of drug-likeness (QED) is 0.417. The third-order valence-corrected chi connectivity index (χ3v) is 4.45. The first-order chi connectivity index (χ1) is 12.1. The molecule has 2 aromatic carbocycles. The summed E-state index contributed by atoms with van der Waals surface area (Å²) >= 11 is 6.49. The monoisotopic (exact) mass is 352 g/mol. The summed E-state index contributed by atoms with van der Waals surface area (Å²) in [7, 11) is 0. The van der Waals surface area contributed by atoms with Crippen LogP contribution in [0, 0.1) is 6.92 Å². The molecule has 3 rings (SSSR count). The maximum absolute atomic E-state index is 6.49. The van der Waals surface area contributed by atoms with E-state index in [1.54, 1.807) is 0 Å². The van der Waals surface area contributed by atoms with Gasteiger partial charge in [-0.05, 0) is 44.5 Å². The highest BCUT2D eigenvalue weighted by Gasteiger charge is 2.18. The molecule has 0 atom stereocenters. The van der Waals surface area contributed by atoms with Crippen LogP contribution in [0.15, 0.2) is 65.8 Å². The first-order valence-electron chi connectivity index (χ1n) is 8.33. The fourth-order valence-corrected chi connectivity index (χ4v) is 3.17. The smallest absolute Gasteiger partial charge is 0.114 e. The molecule has 3 nitrogen and oxygen atoms in total. The van der Waals surface area contributed by atoms with Crippen LogP contribution in [0.4, 0.5) is 0 Å². The molecule has 0 aliphatic carbocycles. The predicted octanol–water partition coefficient (Wildman–Crippen LogP) is 5.87. The van der Waals surface area contributed by atoms with E-state index >= 15 is 0 Å². The van der Waals surface area contributed by atoms with Gasteiger partial charge in [0.05, 0.1) is 22.1 Å². The lowest BCUT2D eigenvalue weighted by molar-refractivity contribution is 0.159. The first kappa shape index (κ1) is 17.3. The van der Waals surface area contributed by atoms with Gasteiger partial charge in [-0.2, -0.15) is 0 Å². The molecule has 0 bridgehead atoms. The third-order valence-electron chi connectivity index (χ3n) is 4.13. The van der Waals surface area contributed by atoms with Crippen LogP contribution in [-0.2, 0) is 4.84 Å². The van der Waals surface area contributed by atoms with Gasteiger partial charge in [0.15, 0.2) is 0 Å². The van der Waals surface area contributed by atoms with Crippen molar-refractivity contribution in [2.45, 2.75) is 20.8 Å². The van der Waals surface area contributed by atoms with E-state index in [0.29, 0.717) is 11.6 Å². The van der Waals surface area contributed by atoms with Gasteiger partial charge in [-0.3, -0.25) is 0 Å². The average molecular weight is 353 g/mol. The van der Waals surface area contributed by atoms with Crippen LogP contribution in [0.25, 0.3) is 16.9 Å². The zero-order chi connectivity index (χ0) is 17.8. The summed E-state index contributed by atoms with van der Waals surface area (Å²) in [5.74, 6) is 0. The number of aromatic nitrogens is 1. The number of para-hydroxylation sites is 1. The van der Waals surface area contributed by atoms with Crippen LogP contribution in [0.2, 0.25) is 5.02 Å². The van der Waals surface area contributed by atoms with Gasteiger partial charge in [0.1, 0.15) is 6.61 Å². The molecule has 0 spiro atoms.